The molecule has 2 aromatic carbocycles. The summed E-state index contributed by atoms with van der Waals surface area (Å²) in [4.78, 5) is 11.0. The van der Waals surface area contributed by atoms with E-state index in [1.165, 1.54) is 24.7 Å². The first-order valence-electron chi connectivity index (χ1n) is 8.42. The summed E-state index contributed by atoms with van der Waals surface area (Å²) in [5.41, 5.74) is 1.99. The number of nitrogens with one attached hydrogen (secondary N) is 1. The van der Waals surface area contributed by atoms with E-state index >= 15 is 0 Å². The van der Waals surface area contributed by atoms with E-state index < -0.39 is 18.1 Å². The molecular weight excluding hydrogens is 350 g/mol. The first-order chi connectivity index (χ1) is 13.0. The quantitative estimate of drug-likeness (QED) is 0.306. The van der Waals surface area contributed by atoms with Crippen LogP contribution in [-0.2, 0) is 4.79 Å². The Morgan fingerprint density at radius 3 is 2.59 bits per heavy atom. The normalized spacial score (nSPS) is 13.1. The van der Waals surface area contributed by atoms with Crippen LogP contribution in [0.4, 0.5) is 0 Å². The van der Waals surface area contributed by atoms with Gasteiger partial charge in [0, 0.05) is 6.08 Å². The molecule has 0 bridgehead atoms. The lowest BCUT2D eigenvalue weighted by Crippen LogP contribution is -2.25. The smallest absolute Gasteiger partial charge is 0.267 e. The van der Waals surface area contributed by atoms with Crippen molar-refractivity contribution in [2.45, 2.75) is 25.0 Å². The van der Waals surface area contributed by atoms with Crippen LogP contribution in [0.1, 0.15) is 24.5 Å². The molecule has 7 nitrogen and oxygen atoms in total. The van der Waals surface area contributed by atoms with Crippen molar-refractivity contribution < 1.29 is 29.7 Å². The number of aromatic hydroxyl groups is 1. The minimum absolute atomic E-state index is 0.0768. The van der Waals surface area contributed by atoms with Crippen LogP contribution in [0.25, 0.3) is 0 Å². The standard InChI is InChI=1S/C20H23NO6/c1-26-17-12-11-14(13-16(17)22)20(24)18(9-5-6-10-19(23)21-25)27-15-7-3-2-4-8-15/h2-4,6-8,10-13,18,20,22,24-25H,5,9H2,1H3,(H,21,23)/b10-6+/t18-,20-/m0/s1. The number of aliphatic hydroxyl groups excluding tert-OH is 1. The SMILES string of the molecule is COc1ccc([C@H](O)[C@H](CC/C=C/C(=O)NO)Oc2ccccc2)cc1O. The predicted molar refractivity (Wildman–Crippen MR) is 98.8 cm³/mol. The average Bonchev–Trinajstić information content (AvgIpc) is 2.70. The van der Waals surface area contributed by atoms with Gasteiger partial charge in [0.2, 0.25) is 0 Å². The van der Waals surface area contributed by atoms with Crippen LogP contribution in [0.5, 0.6) is 17.2 Å². The molecule has 0 saturated heterocycles. The minimum atomic E-state index is -1.01. The number of carbonyl (C=O) groups excluding carboxylic acids is 1. The van der Waals surface area contributed by atoms with Crippen molar-refractivity contribution in [3.05, 3.63) is 66.2 Å². The van der Waals surface area contributed by atoms with Crippen molar-refractivity contribution in [1.29, 1.82) is 0 Å². The topological polar surface area (TPSA) is 108 Å². The lowest BCUT2D eigenvalue weighted by Gasteiger charge is -2.24. The monoisotopic (exact) mass is 373 g/mol. The van der Waals surface area contributed by atoms with Gasteiger partial charge in [0.05, 0.1) is 7.11 Å². The first kappa shape index (κ1) is 20.3. The number of hydroxylamine groups is 1. The van der Waals surface area contributed by atoms with Crippen molar-refractivity contribution in [2.75, 3.05) is 7.11 Å². The highest BCUT2D eigenvalue weighted by molar-refractivity contribution is 5.86. The molecule has 0 aliphatic carbocycles. The number of carbonyl (C=O) groups is 1. The molecule has 144 valence electrons. The largest absolute Gasteiger partial charge is 0.504 e. The van der Waals surface area contributed by atoms with E-state index in [0.29, 0.717) is 29.9 Å². The molecule has 4 N–H and O–H groups in total. The Balaban J connectivity index is 2.15. The molecule has 0 fully saturated rings. The van der Waals surface area contributed by atoms with E-state index in [-0.39, 0.29) is 5.75 Å². The number of phenols is 1. The van der Waals surface area contributed by atoms with Crippen molar-refractivity contribution in [2.24, 2.45) is 0 Å². The van der Waals surface area contributed by atoms with E-state index in [4.69, 9.17) is 14.7 Å². The summed E-state index contributed by atoms with van der Waals surface area (Å²) in [5.74, 6) is 0.198. The maximum Gasteiger partial charge on any atom is 0.267 e. The van der Waals surface area contributed by atoms with Gasteiger partial charge in [-0.2, -0.15) is 0 Å². The van der Waals surface area contributed by atoms with Gasteiger partial charge in [-0.05, 0) is 42.7 Å². The first-order valence-corrected chi connectivity index (χ1v) is 8.42. The highest BCUT2D eigenvalue weighted by Gasteiger charge is 2.23. The van der Waals surface area contributed by atoms with Crippen LogP contribution >= 0.6 is 0 Å². The highest BCUT2D eigenvalue weighted by Crippen LogP contribution is 2.32. The number of para-hydroxylation sites is 1. The van der Waals surface area contributed by atoms with Crippen LogP contribution < -0.4 is 15.0 Å². The second kappa shape index (κ2) is 10.2. The fourth-order valence-corrected chi connectivity index (χ4v) is 2.55. The molecule has 2 aromatic rings. The number of hydrogen-bond acceptors (Lipinski definition) is 6. The van der Waals surface area contributed by atoms with E-state index in [1.54, 1.807) is 30.3 Å². The van der Waals surface area contributed by atoms with Gasteiger partial charge in [-0.15, -0.1) is 0 Å². The number of benzene rings is 2. The fourth-order valence-electron chi connectivity index (χ4n) is 2.55. The summed E-state index contributed by atoms with van der Waals surface area (Å²) in [6, 6.07) is 13.7. The molecule has 0 unspecified atom stereocenters. The number of hydrogen-bond donors (Lipinski definition) is 4. The van der Waals surface area contributed by atoms with Crippen LogP contribution in [-0.4, -0.2) is 34.5 Å². The minimum Gasteiger partial charge on any atom is -0.504 e. The van der Waals surface area contributed by atoms with Crippen LogP contribution in [0, 0.1) is 0 Å². The summed E-state index contributed by atoms with van der Waals surface area (Å²) in [7, 11) is 1.45. The molecule has 7 heteroatoms. The summed E-state index contributed by atoms with van der Waals surface area (Å²) in [5, 5.41) is 29.2. The molecule has 0 heterocycles. The third kappa shape index (κ3) is 6.02. The van der Waals surface area contributed by atoms with Crippen molar-refractivity contribution in [3.8, 4) is 17.2 Å². The maximum atomic E-state index is 11.0. The van der Waals surface area contributed by atoms with Gasteiger partial charge in [0.1, 0.15) is 18.0 Å². The molecule has 0 aliphatic heterocycles. The summed E-state index contributed by atoms with van der Waals surface area (Å²) < 4.78 is 10.9. The zero-order chi connectivity index (χ0) is 19.6. The Morgan fingerprint density at radius 1 is 1.22 bits per heavy atom. The Hall–Kier alpha value is -3.03. The molecule has 2 rings (SSSR count). The molecule has 27 heavy (non-hydrogen) atoms. The molecule has 0 aliphatic rings. The van der Waals surface area contributed by atoms with Crippen LogP contribution in [0.3, 0.4) is 0 Å². The Labute approximate surface area is 157 Å². The molecule has 0 aromatic heterocycles. The van der Waals surface area contributed by atoms with Gasteiger partial charge in [0.15, 0.2) is 11.5 Å². The summed E-state index contributed by atoms with van der Waals surface area (Å²) in [6.07, 6.45) is 1.97. The van der Waals surface area contributed by atoms with Gasteiger partial charge >= 0.3 is 0 Å². The summed E-state index contributed by atoms with van der Waals surface area (Å²) in [6.45, 7) is 0. The highest BCUT2D eigenvalue weighted by atomic mass is 16.5. The van der Waals surface area contributed by atoms with Crippen molar-refractivity contribution >= 4 is 5.91 Å². The molecule has 2 atom stereocenters. The number of allylic oxidation sites excluding steroid dienone is 1. The Kier molecular flexibility index (Phi) is 7.66. The zero-order valence-electron chi connectivity index (χ0n) is 14.9. The number of aliphatic hydroxyl groups is 1. The van der Waals surface area contributed by atoms with Crippen LogP contribution in [0.15, 0.2) is 60.7 Å². The average molecular weight is 373 g/mol. The van der Waals surface area contributed by atoms with Gasteiger partial charge in [-0.1, -0.05) is 30.3 Å². The third-order valence-electron chi connectivity index (χ3n) is 3.92. The van der Waals surface area contributed by atoms with Crippen molar-refractivity contribution in [1.82, 2.24) is 5.48 Å². The van der Waals surface area contributed by atoms with Gasteiger partial charge in [-0.25, -0.2) is 5.48 Å². The Bertz CT molecular complexity index is 762. The third-order valence-corrected chi connectivity index (χ3v) is 3.92. The number of phenolic OH excluding ortho intramolecular Hbond substituents is 1. The second-order valence-corrected chi connectivity index (χ2v) is 5.80. The number of ether oxygens (including phenoxy) is 2. The molecule has 1 amide bonds. The molecular formula is C20H23NO6. The van der Waals surface area contributed by atoms with E-state index in [0.717, 1.165) is 0 Å². The van der Waals surface area contributed by atoms with E-state index in [9.17, 15) is 15.0 Å². The van der Waals surface area contributed by atoms with Gasteiger partial charge in [-0.3, -0.25) is 10.0 Å². The van der Waals surface area contributed by atoms with Crippen molar-refractivity contribution in [3.63, 3.8) is 0 Å². The lowest BCUT2D eigenvalue weighted by atomic mass is 10.00. The maximum absolute atomic E-state index is 11.0. The van der Waals surface area contributed by atoms with Crippen LogP contribution in [0.2, 0.25) is 0 Å². The zero-order valence-corrected chi connectivity index (χ0v) is 14.9. The predicted octanol–water partition coefficient (Wildman–Crippen LogP) is 2.72. The van der Waals surface area contributed by atoms with E-state index in [1.807, 2.05) is 18.2 Å². The molecule has 0 radical (unpaired) electrons. The molecule has 0 spiro atoms. The lowest BCUT2D eigenvalue weighted by molar-refractivity contribution is -0.124. The Morgan fingerprint density at radius 2 is 1.96 bits per heavy atom. The number of rotatable bonds is 9. The van der Waals surface area contributed by atoms with Gasteiger partial charge in [0.25, 0.3) is 5.91 Å². The number of amides is 1. The molecule has 0 saturated carbocycles. The van der Waals surface area contributed by atoms with E-state index in [2.05, 4.69) is 0 Å². The van der Waals surface area contributed by atoms with Gasteiger partial charge < -0.3 is 19.7 Å². The second-order valence-electron chi connectivity index (χ2n) is 5.80. The fraction of sp³-hybridized carbons (Fsp3) is 0.250. The summed E-state index contributed by atoms with van der Waals surface area (Å²) >= 11 is 0. The number of methoxy groups -OCH3 is 1.